The lowest BCUT2D eigenvalue weighted by Gasteiger charge is -2.16. The van der Waals surface area contributed by atoms with Gasteiger partial charge < -0.3 is 20.6 Å². The Labute approximate surface area is 170 Å². The summed E-state index contributed by atoms with van der Waals surface area (Å²) in [6, 6.07) is -0.723. The van der Waals surface area contributed by atoms with Crippen LogP contribution in [0.4, 0.5) is 5.82 Å². The largest absolute Gasteiger partial charge is 0.481 e. The molecular formula is C16H24N6O4S2. The number of nitrogens with one attached hydrogen (secondary N) is 1. The van der Waals surface area contributed by atoms with Gasteiger partial charge in [0.15, 0.2) is 22.1 Å². The Morgan fingerprint density at radius 2 is 2.07 bits per heavy atom. The van der Waals surface area contributed by atoms with Crippen molar-refractivity contribution in [3.8, 4) is 0 Å². The van der Waals surface area contributed by atoms with Crippen molar-refractivity contribution in [2.45, 2.75) is 43.2 Å². The summed E-state index contributed by atoms with van der Waals surface area (Å²) in [4.78, 5) is 20.4. The molecule has 0 aromatic carbocycles. The highest BCUT2D eigenvalue weighted by atomic mass is 32.2. The first-order chi connectivity index (χ1) is 13.5. The Balaban J connectivity index is 1.99. The molecule has 28 heavy (non-hydrogen) atoms. The fourth-order valence-corrected chi connectivity index (χ4v) is 4.18. The zero-order valence-electron chi connectivity index (χ0n) is 15.6. The van der Waals surface area contributed by atoms with Crippen molar-refractivity contribution >= 4 is 46.5 Å². The number of rotatable bonds is 9. The molecule has 154 valence electrons. The van der Waals surface area contributed by atoms with Gasteiger partial charge in [-0.25, -0.2) is 14.6 Å². The zero-order valence-corrected chi connectivity index (χ0v) is 17.3. The molecule has 0 spiro atoms. The van der Waals surface area contributed by atoms with Crippen LogP contribution in [0.2, 0.25) is 0 Å². The monoisotopic (exact) mass is 428 g/mol. The average molecular weight is 429 g/mol. The molecule has 0 saturated heterocycles. The molecule has 0 radical (unpaired) electrons. The molecule has 10 nitrogen and oxygen atoms in total. The molecule has 12 heteroatoms. The molecule has 4 atom stereocenters. The Morgan fingerprint density at radius 1 is 1.29 bits per heavy atom. The van der Waals surface area contributed by atoms with E-state index in [2.05, 4.69) is 32.5 Å². The lowest BCUT2D eigenvalue weighted by atomic mass is 10.1. The first-order valence-corrected chi connectivity index (χ1v) is 11.4. The van der Waals surface area contributed by atoms with Gasteiger partial charge in [-0.2, -0.15) is 11.8 Å². The number of carboxylic acid groups (broad SMARTS) is 1. The van der Waals surface area contributed by atoms with Crippen LogP contribution in [-0.2, 0) is 4.79 Å². The molecule has 1 unspecified atom stereocenters. The highest BCUT2D eigenvalue weighted by Crippen LogP contribution is 2.37. The fraction of sp³-hybridized carbons (Fsp3) is 0.688. The third-order valence-corrected chi connectivity index (χ3v) is 6.29. The van der Waals surface area contributed by atoms with E-state index in [1.54, 1.807) is 11.8 Å². The minimum atomic E-state index is -1.36. The number of fused-ring (bicyclic) bond motifs is 1. The van der Waals surface area contributed by atoms with Gasteiger partial charge in [0.2, 0.25) is 0 Å². The second-order valence-electron chi connectivity index (χ2n) is 6.56. The highest BCUT2D eigenvalue weighted by molar-refractivity contribution is 7.99. The standard InChI is InChI=1S/C16H24N6O4S2/c1-3-5-28-16-18-13(17-4-6-27-2)10-14(19-16)22(21-20-10)9-7-8(15(25)26)11(23)12(9)24/h8-9,11-12,23-24H,3-7H2,1-2H3,(H,25,26)(H,17,18,19)/t8?,9-,11-,12+/m1/s1. The minimum Gasteiger partial charge on any atom is -0.481 e. The van der Waals surface area contributed by atoms with Gasteiger partial charge in [0.05, 0.1) is 18.1 Å². The summed E-state index contributed by atoms with van der Waals surface area (Å²) in [5.41, 5.74) is 0.880. The molecule has 2 heterocycles. The summed E-state index contributed by atoms with van der Waals surface area (Å²) in [6.45, 7) is 2.77. The third kappa shape index (κ3) is 4.19. The molecular weight excluding hydrogens is 404 g/mol. The summed E-state index contributed by atoms with van der Waals surface area (Å²) in [5.74, 6) is 0.0984. The quantitative estimate of drug-likeness (QED) is 0.256. The number of aliphatic carboxylic acids is 1. The van der Waals surface area contributed by atoms with Crippen LogP contribution in [0, 0.1) is 5.92 Å². The van der Waals surface area contributed by atoms with Crippen LogP contribution < -0.4 is 5.32 Å². The minimum absolute atomic E-state index is 0.0484. The van der Waals surface area contributed by atoms with Crippen LogP contribution in [0.5, 0.6) is 0 Å². The Morgan fingerprint density at radius 3 is 2.71 bits per heavy atom. The predicted octanol–water partition coefficient (Wildman–Crippen LogP) is 0.866. The molecule has 0 bridgehead atoms. The van der Waals surface area contributed by atoms with Gasteiger partial charge in [-0.15, -0.1) is 5.10 Å². The lowest BCUT2D eigenvalue weighted by Crippen LogP contribution is -2.32. The van der Waals surface area contributed by atoms with Gasteiger partial charge in [0, 0.05) is 18.1 Å². The summed E-state index contributed by atoms with van der Waals surface area (Å²) in [7, 11) is 0. The number of anilines is 1. The number of carboxylic acids is 1. The SMILES string of the molecule is CCCSc1nc(NCCSC)c2nnn([C@@H]3CC(C(=O)O)[C@@H](O)[C@H]3O)c2n1. The number of nitrogens with zero attached hydrogens (tertiary/aromatic N) is 5. The van der Waals surface area contributed by atoms with Crippen molar-refractivity contribution < 1.29 is 20.1 Å². The fourth-order valence-electron chi connectivity index (χ4n) is 3.18. The number of thioether (sulfide) groups is 2. The Hall–Kier alpha value is -1.63. The molecule has 2 aromatic heterocycles. The lowest BCUT2D eigenvalue weighted by molar-refractivity contribution is -0.145. The second kappa shape index (κ2) is 9.25. The van der Waals surface area contributed by atoms with Gasteiger partial charge >= 0.3 is 5.97 Å². The van der Waals surface area contributed by atoms with Crippen LogP contribution >= 0.6 is 23.5 Å². The van der Waals surface area contributed by atoms with E-state index in [-0.39, 0.29) is 6.42 Å². The molecule has 1 fully saturated rings. The van der Waals surface area contributed by atoms with Crippen molar-refractivity contribution in [2.24, 2.45) is 5.92 Å². The van der Waals surface area contributed by atoms with Crippen LogP contribution in [0.15, 0.2) is 5.16 Å². The molecule has 0 aliphatic heterocycles. The van der Waals surface area contributed by atoms with Crippen LogP contribution in [-0.4, -0.2) is 82.8 Å². The third-order valence-electron chi connectivity index (χ3n) is 4.62. The van der Waals surface area contributed by atoms with Crippen molar-refractivity contribution in [3.63, 3.8) is 0 Å². The van der Waals surface area contributed by atoms with Crippen LogP contribution in [0.3, 0.4) is 0 Å². The summed E-state index contributed by atoms with van der Waals surface area (Å²) in [5, 5.41) is 41.9. The summed E-state index contributed by atoms with van der Waals surface area (Å²) in [6.07, 6.45) is 0.401. The Kier molecular flexibility index (Phi) is 6.96. The molecule has 4 N–H and O–H groups in total. The first kappa shape index (κ1) is 21.1. The van der Waals surface area contributed by atoms with Gasteiger partial charge in [0.25, 0.3) is 0 Å². The number of aliphatic hydroxyl groups excluding tert-OH is 2. The number of hydrogen-bond donors (Lipinski definition) is 4. The molecule has 1 aliphatic carbocycles. The normalized spacial score (nSPS) is 24.7. The van der Waals surface area contributed by atoms with Gasteiger partial charge in [-0.3, -0.25) is 4.79 Å². The van der Waals surface area contributed by atoms with E-state index in [1.165, 1.54) is 16.4 Å². The van der Waals surface area contributed by atoms with E-state index in [9.17, 15) is 20.1 Å². The summed E-state index contributed by atoms with van der Waals surface area (Å²) < 4.78 is 1.42. The Bertz CT molecular complexity index is 835. The van der Waals surface area contributed by atoms with Gasteiger partial charge in [-0.05, 0) is 19.1 Å². The van der Waals surface area contributed by atoms with Gasteiger partial charge in [-0.1, -0.05) is 23.9 Å². The smallest absolute Gasteiger partial charge is 0.309 e. The van der Waals surface area contributed by atoms with Crippen molar-refractivity contribution in [3.05, 3.63) is 0 Å². The maximum atomic E-state index is 11.4. The number of carbonyl (C=O) groups is 1. The van der Waals surface area contributed by atoms with E-state index in [1.807, 2.05) is 6.26 Å². The predicted molar refractivity (Wildman–Crippen MR) is 108 cm³/mol. The average Bonchev–Trinajstić information content (AvgIpc) is 3.22. The van der Waals surface area contributed by atoms with Crippen molar-refractivity contribution in [2.75, 3.05) is 29.6 Å². The van der Waals surface area contributed by atoms with E-state index >= 15 is 0 Å². The molecule has 1 saturated carbocycles. The maximum absolute atomic E-state index is 11.4. The van der Waals surface area contributed by atoms with Crippen molar-refractivity contribution in [1.29, 1.82) is 0 Å². The number of aromatic nitrogens is 5. The highest BCUT2D eigenvalue weighted by Gasteiger charge is 2.47. The zero-order chi connectivity index (χ0) is 20.3. The van der Waals surface area contributed by atoms with E-state index < -0.39 is 30.1 Å². The van der Waals surface area contributed by atoms with Crippen LogP contribution in [0.1, 0.15) is 25.8 Å². The molecule has 3 rings (SSSR count). The topological polar surface area (TPSA) is 146 Å². The van der Waals surface area contributed by atoms with E-state index in [0.29, 0.717) is 28.7 Å². The maximum Gasteiger partial charge on any atom is 0.309 e. The first-order valence-electron chi connectivity index (χ1n) is 9.05. The van der Waals surface area contributed by atoms with E-state index in [0.717, 1.165) is 17.9 Å². The number of aliphatic hydroxyl groups is 2. The molecule has 0 amide bonds. The van der Waals surface area contributed by atoms with Crippen LogP contribution in [0.25, 0.3) is 11.2 Å². The number of hydrogen-bond acceptors (Lipinski definition) is 10. The second-order valence-corrected chi connectivity index (χ2v) is 8.61. The van der Waals surface area contributed by atoms with Crippen molar-refractivity contribution in [1.82, 2.24) is 25.0 Å². The summed E-state index contributed by atoms with van der Waals surface area (Å²) >= 11 is 3.21. The van der Waals surface area contributed by atoms with E-state index in [4.69, 9.17) is 0 Å². The molecule has 2 aromatic rings. The molecule has 1 aliphatic rings. The van der Waals surface area contributed by atoms with Gasteiger partial charge in [0.1, 0.15) is 6.10 Å².